The van der Waals surface area contributed by atoms with E-state index in [1.54, 1.807) is 0 Å². The fraction of sp³-hybridized carbons (Fsp3) is 0.400. The lowest BCUT2D eigenvalue weighted by atomic mass is 9.99. The number of nitrogens with two attached hydrogens (primary N) is 1. The topological polar surface area (TPSA) is 54.2 Å². The van der Waals surface area contributed by atoms with E-state index in [2.05, 4.69) is 74.7 Å². The molecular formula is C25H36N4. The molecule has 1 aromatic heterocycles. The highest BCUT2D eigenvalue weighted by molar-refractivity contribution is 5.78. The number of allylic oxidation sites excluding steroid dienone is 1. The zero-order valence-corrected chi connectivity index (χ0v) is 18.2. The Morgan fingerprint density at radius 2 is 2.14 bits per heavy atom. The van der Waals surface area contributed by atoms with Crippen molar-refractivity contribution in [2.45, 2.75) is 65.1 Å². The van der Waals surface area contributed by atoms with E-state index in [0.29, 0.717) is 0 Å². The van der Waals surface area contributed by atoms with E-state index in [-0.39, 0.29) is 12.1 Å². The van der Waals surface area contributed by atoms with Gasteiger partial charge in [-0.3, -0.25) is 4.98 Å². The number of aromatic nitrogens is 1. The number of nitrogens with one attached hydrogen (secondary N) is 1. The monoisotopic (exact) mass is 392 g/mol. The van der Waals surface area contributed by atoms with Crippen LogP contribution in [0.1, 0.15) is 52.0 Å². The van der Waals surface area contributed by atoms with Crippen LogP contribution in [0.3, 0.4) is 0 Å². The van der Waals surface area contributed by atoms with E-state index in [0.717, 1.165) is 43.3 Å². The molecule has 2 atom stereocenters. The number of unbranched alkanes of at least 4 members (excludes halogenated alkanes) is 1. The van der Waals surface area contributed by atoms with E-state index in [1.165, 1.54) is 16.5 Å². The Balaban J connectivity index is 1.99. The van der Waals surface area contributed by atoms with Crippen molar-refractivity contribution >= 4 is 10.9 Å². The zero-order chi connectivity index (χ0) is 21.2. The van der Waals surface area contributed by atoms with Gasteiger partial charge in [0.05, 0.1) is 11.6 Å². The number of hydrogen-bond donors (Lipinski definition) is 2. The summed E-state index contributed by atoms with van der Waals surface area (Å²) in [4.78, 5) is 4.38. The SMILES string of the molecule is C=CCC(=C)C(CCCC)N(N)/C=C(\C)C(C)NCc1ccc2ncccc2c1. The molecule has 0 aliphatic heterocycles. The highest BCUT2D eigenvalue weighted by atomic mass is 15.4. The molecule has 29 heavy (non-hydrogen) atoms. The number of nitrogens with zero attached hydrogens (tertiary/aromatic N) is 2. The molecule has 3 N–H and O–H groups in total. The Bertz CT molecular complexity index is 840. The quantitative estimate of drug-likeness (QED) is 0.285. The number of fused-ring (bicyclic) bond motifs is 1. The normalized spacial score (nSPS) is 13.9. The van der Waals surface area contributed by atoms with Crippen molar-refractivity contribution in [3.05, 3.63) is 78.7 Å². The van der Waals surface area contributed by atoms with E-state index < -0.39 is 0 Å². The van der Waals surface area contributed by atoms with Crippen LogP contribution < -0.4 is 11.2 Å². The minimum absolute atomic E-state index is 0.142. The summed E-state index contributed by atoms with van der Waals surface area (Å²) in [6.07, 6.45) is 9.85. The lowest BCUT2D eigenvalue weighted by Gasteiger charge is -2.29. The molecule has 0 bridgehead atoms. The Morgan fingerprint density at radius 1 is 1.34 bits per heavy atom. The summed E-state index contributed by atoms with van der Waals surface area (Å²) < 4.78 is 0. The molecule has 0 amide bonds. The van der Waals surface area contributed by atoms with Gasteiger partial charge < -0.3 is 10.3 Å². The average Bonchev–Trinajstić information content (AvgIpc) is 2.72. The molecule has 0 saturated heterocycles. The van der Waals surface area contributed by atoms with Crippen molar-refractivity contribution in [3.63, 3.8) is 0 Å². The standard InChI is InChI=1S/C25H36N4/c1-6-8-12-25(19(3)10-7-2)29(26)18-20(4)21(5)28-17-22-13-14-24-23(16-22)11-9-15-27-24/h7,9,11,13-16,18,21,25,28H,2-3,6,8,10,12,17,26H2,1,4-5H3/b20-18+. The molecule has 4 nitrogen and oxygen atoms in total. The minimum atomic E-state index is 0.142. The summed E-state index contributed by atoms with van der Waals surface area (Å²) in [7, 11) is 0. The van der Waals surface area contributed by atoms with Gasteiger partial charge in [-0.05, 0) is 61.6 Å². The third-order valence-corrected chi connectivity index (χ3v) is 5.38. The third-order valence-electron chi connectivity index (χ3n) is 5.38. The average molecular weight is 393 g/mol. The number of benzene rings is 1. The molecule has 1 aromatic carbocycles. The Kier molecular flexibility index (Phi) is 9.10. The third kappa shape index (κ3) is 6.84. The molecule has 0 aliphatic rings. The van der Waals surface area contributed by atoms with Crippen LogP contribution in [0.5, 0.6) is 0 Å². The van der Waals surface area contributed by atoms with Crippen LogP contribution in [-0.2, 0) is 6.54 Å². The first kappa shape index (κ1) is 22.9. The van der Waals surface area contributed by atoms with Crippen LogP contribution in [0.4, 0.5) is 0 Å². The van der Waals surface area contributed by atoms with Gasteiger partial charge in [0.25, 0.3) is 0 Å². The van der Waals surface area contributed by atoms with Gasteiger partial charge in [-0.1, -0.05) is 44.6 Å². The lowest BCUT2D eigenvalue weighted by Crippen LogP contribution is -2.39. The molecule has 1 heterocycles. The van der Waals surface area contributed by atoms with Crippen LogP contribution in [0, 0.1) is 0 Å². The summed E-state index contributed by atoms with van der Waals surface area (Å²) >= 11 is 0. The van der Waals surface area contributed by atoms with Crippen molar-refractivity contribution in [1.82, 2.24) is 15.3 Å². The first-order valence-corrected chi connectivity index (χ1v) is 10.5. The summed E-state index contributed by atoms with van der Waals surface area (Å²) in [6, 6.07) is 10.8. The second-order valence-electron chi connectivity index (χ2n) is 7.76. The van der Waals surface area contributed by atoms with Gasteiger partial charge in [-0.25, -0.2) is 5.84 Å². The van der Waals surface area contributed by atoms with Gasteiger partial charge in [0.1, 0.15) is 0 Å². The maximum absolute atomic E-state index is 6.43. The molecule has 2 rings (SSSR count). The van der Waals surface area contributed by atoms with Crippen LogP contribution in [0.15, 0.2) is 73.1 Å². The molecule has 156 valence electrons. The number of hydrazine groups is 1. The maximum Gasteiger partial charge on any atom is 0.0702 e. The molecule has 2 unspecified atom stereocenters. The predicted molar refractivity (Wildman–Crippen MR) is 125 cm³/mol. The fourth-order valence-electron chi connectivity index (χ4n) is 3.39. The van der Waals surface area contributed by atoms with Crippen molar-refractivity contribution in [3.8, 4) is 0 Å². The maximum atomic E-state index is 6.43. The van der Waals surface area contributed by atoms with Crippen molar-refractivity contribution in [1.29, 1.82) is 0 Å². The van der Waals surface area contributed by atoms with Gasteiger partial charge in [0.2, 0.25) is 0 Å². The highest BCUT2D eigenvalue weighted by Crippen LogP contribution is 2.19. The number of pyridine rings is 1. The van der Waals surface area contributed by atoms with Crippen LogP contribution in [-0.4, -0.2) is 22.1 Å². The zero-order valence-electron chi connectivity index (χ0n) is 18.2. The van der Waals surface area contributed by atoms with Crippen molar-refractivity contribution < 1.29 is 0 Å². The largest absolute Gasteiger partial charge is 0.311 e. The predicted octanol–water partition coefficient (Wildman–Crippen LogP) is 5.48. The van der Waals surface area contributed by atoms with Crippen LogP contribution >= 0.6 is 0 Å². The molecule has 4 heteroatoms. The molecule has 0 aliphatic carbocycles. The summed E-state index contributed by atoms with van der Waals surface area (Å²) in [5.74, 6) is 6.43. The second kappa shape index (κ2) is 11.5. The first-order valence-electron chi connectivity index (χ1n) is 10.5. The summed E-state index contributed by atoms with van der Waals surface area (Å²) in [5, 5.41) is 6.59. The van der Waals surface area contributed by atoms with Crippen molar-refractivity contribution in [2.75, 3.05) is 0 Å². The molecule has 2 aromatic rings. The summed E-state index contributed by atoms with van der Waals surface area (Å²) in [5.41, 5.74) is 4.58. The highest BCUT2D eigenvalue weighted by Gasteiger charge is 2.16. The second-order valence-corrected chi connectivity index (χ2v) is 7.76. The van der Waals surface area contributed by atoms with Gasteiger partial charge in [-0.15, -0.1) is 6.58 Å². The van der Waals surface area contributed by atoms with Gasteiger partial charge >= 0.3 is 0 Å². The van der Waals surface area contributed by atoms with Gasteiger partial charge in [0, 0.05) is 30.4 Å². The number of hydrogen-bond acceptors (Lipinski definition) is 4. The van der Waals surface area contributed by atoms with Gasteiger partial charge in [-0.2, -0.15) is 0 Å². The molecule has 0 saturated carbocycles. The molecule has 0 spiro atoms. The molecular weight excluding hydrogens is 356 g/mol. The van der Waals surface area contributed by atoms with Gasteiger partial charge in [0.15, 0.2) is 0 Å². The molecule has 0 fully saturated rings. The first-order chi connectivity index (χ1) is 14.0. The van der Waals surface area contributed by atoms with E-state index in [1.807, 2.05) is 23.3 Å². The fourth-order valence-corrected chi connectivity index (χ4v) is 3.39. The Morgan fingerprint density at radius 3 is 2.86 bits per heavy atom. The Hall–Kier alpha value is -2.43. The van der Waals surface area contributed by atoms with Crippen LogP contribution in [0.2, 0.25) is 0 Å². The summed E-state index contributed by atoms with van der Waals surface area (Å²) in [6.45, 7) is 15.3. The Labute approximate surface area is 176 Å². The van der Waals surface area contributed by atoms with Crippen LogP contribution in [0.25, 0.3) is 10.9 Å². The molecule has 0 radical (unpaired) electrons. The minimum Gasteiger partial charge on any atom is -0.311 e. The van der Waals surface area contributed by atoms with E-state index >= 15 is 0 Å². The smallest absolute Gasteiger partial charge is 0.0702 e. The lowest BCUT2D eigenvalue weighted by molar-refractivity contribution is 0.292. The number of rotatable bonds is 12. The van der Waals surface area contributed by atoms with E-state index in [4.69, 9.17) is 5.84 Å². The van der Waals surface area contributed by atoms with E-state index in [9.17, 15) is 0 Å². The van der Waals surface area contributed by atoms with Crippen molar-refractivity contribution in [2.24, 2.45) is 5.84 Å².